The molecule has 1 aliphatic rings. The number of benzene rings is 1. The highest BCUT2D eigenvalue weighted by Gasteiger charge is 2.35. The van der Waals surface area contributed by atoms with Gasteiger partial charge in [-0.2, -0.15) is 0 Å². The van der Waals surface area contributed by atoms with Gasteiger partial charge in [-0.25, -0.2) is 0 Å². The third kappa shape index (κ3) is 3.62. The number of carbonyl (C=O) groups excluding carboxylic acids is 4. The van der Waals surface area contributed by atoms with Gasteiger partial charge in [0.1, 0.15) is 0 Å². The van der Waals surface area contributed by atoms with E-state index in [1.54, 1.807) is 36.4 Å². The molecule has 1 aromatic heterocycles. The topological polar surface area (TPSA) is 80.8 Å². The Morgan fingerprint density at radius 2 is 1.68 bits per heavy atom. The van der Waals surface area contributed by atoms with Crippen molar-refractivity contribution in [1.82, 2.24) is 4.90 Å². The number of fused-ring (bicyclic) bond motifs is 1. The molecule has 0 saturated carbocycles. The average molecular weight is 378 g/mol. The summed E-state index contributed by atoms with van der Waals surface area (Å²) in [7, 11) is 0. The molecule has 0 N–H and O–H groups in total. The molecule has 2 amide bonds. The summed E-state index contributed by atoms with van der Waals surface area (Å²) in [6.45, 7) is -0.498. The van der Waals surface area contributed by atoms with Gasteiger partial charge in [-0.15, -0.1) is 11.3 Å². The lowest BCUT2D eigenvalue weighted by molar-refractivity contribution is -0.142. The molecule has 0 unspecified atom stereocenters. The first kappa shape index (κ1) is 17.3. The van der Waals surface area contributed by atoms with Crippen molar-refractivity contribution in [3.63, 3.8) is 0 Å². The molecule has 128 valence electrons. The van der Waals surface area contributed by atoms with Crippen molar-refractivity contribution in [1.29, 1.82) is 0 Å². The molecule has 1 aliphatic heterocycles. The normalized spacial score (nSPS) is 13.1. The van der Waals surface area contributed by atoms with Crippen molar-refractivity contribution in [2.45, 2.75) is 6.42 Å². The second-order valence-electron chi connectivity index (χ2n) is 5.25. The van der Waals surface area contributed by atoms with Crippen LogP contribution in [0.2, 0.25) is 4.34 Å². The molecule has 8 heteroatoms. The minimum absolute atomic E-state index is 0.0931. The summed E-state index contributed by atoms with van der Waals surface area (Å²) in [6.07, 6.45) is -0.177. The van der Waals surface area contributed by atoms with Crippen LogP contribution in [-0.2, 0) is 9.53 Å². The number of nitrogens with zero attached hydrogens (tertiary/aromatic N) is 1. The number of ketones is 1. The summed E-state index contributed by atoms with van der Waals surface area (Å²) >= 11 is 6.85. The maximum Gasteiger partial charge on any atom is 0.308 e. The number of imide groups is 1. The number of hydrogen-bond acceptors (Lipinski definition) is 6. The van der Waals surface area contributed by atoms with Crippen LogP contribution in [0.3, 0.4) is 0 Å². The van der Waals surface area contributed by atoms with Gasteiger partial charge < -0.3 is 4.74 Å². The molecule has 2 heterocycles. The van der Waals surface area contributed by atoms with E-state index in [0.717, 1.165) is 16.2 Å². The number of carbonyl (C=O) groups is 4. The Balaban J connectivity index is 1.51. The van der Waals surface area contributed by atoms with Gasteiger partial charge in [0.15, 0.2) is 6.61 Å². The summed E-state index contributed by atoms with van der Waals surface area (Å²) in [5.74, 6) is -1.88. The summed E-state index contributed by atoms with van der Waals surface area (Å²) in [5.41, 5.74) is 0.649. The van der Waals surface area contributed by atoms with Gasteiger partial charge in [-0.05, 0) is 24.3 Å². The number of esters is 1. The van der Waals surface area contributed by atoms with Gasteiger partial charge in [0, 0.05) is 6.54 Å². The summed E-state index contributed by atoms with van der Waals surface area (Å²) < 4.78 is 5.37. The summed E-state index contributed by atoms with van der Waals surface area (Å²) in [6, 6.07) is 9.62. The SMILES string of the molecule is O=C(CCN1C(=O)c2ccccc2C1=O)OCC(=O)c1ccc(Cl)s1. The van der Waals surface area contributed by atoms with E-state index >= 15 is 0 Å². The minimum Gasteiger partial charge on any atom is -0.457 e. The fourth-order valence-corrected chi connectivity index (χ4v) is 3.37. The van der Waals surface area contributed by atoms with E-state index in [0.29, 0.717) is 20.3 Å². The molecule has 0 spiro atoms. The van der Waals surface area contributed by atoms with E-state index in [2.05, 4.69) is 0 Å². The van der Waals surface area contributed by atoms with Gasteiger partial charge in [0.25, 0.3) is 11.8 Å². The highest BCUT2D eigenvalue weighted by atomic mass is 35.5. The van der Waals surface area contributed by atoms with Gasteiger partial charge in [0.2, 0.25) is 5.78 Å². The highest BCUT2D eigenvalue weighted by Crippen LogP contribution is 2.23. The van der Waals surface area contributed by atoms with Gasteiger partial charge in [0.05, 0.1) is 26.8 Å². The van der Waals surface area contributed by atoms with Crippen molar-refractivity contribution in [3.05, 3.63) is 56.7 Å². The van der Waals surface area contributed by atoms with Crippen LogP contribution in [0.15, 0.2) is 36.4 Å². The van der Waals surface area contributed by atoms with Crippen LogP contribution >= 0.6 is 22.9 Å². The quantitative estimate of drug-likeness (QED) is 0.439. The number of Topliss-reactive ketones (excluding diaryl/α,β-unsaturated/α-hetero) is 1. The van der Waals surface area contributed by atoms with Crippen molar-refractivity contribution >= 4 is 46.5 Å². The first-order valence-corrected chi connectivity index (χ1v) is 8.56. The molecular weight excluding hydrogens is 366 g/mol. The molecule has 3 rings (SSSR count). The molecule has 0 fully saturated rings. The van der Waals surface area contributed by atoms with Crippen LogP contribution in [0.25, 0.3) is 0 Å². The average Bonchev–Trinajstić information content (AvgIpc) is 3.14. The lowest BCUT2D eigenvalue weighted by atomic mass is 10.1. The van der Waals surface area contributed by atoms with Crippen molar-refractivity contribution < 1.29 is 23.9 Å². The Labute approximate surface area is 152 Å². The maximum atomic E-state index is 12.2. The predicted molar refractivity (Wildman–Crippen MR) is 91.0 cm³/mol. The molecule has 1 aromatic carbocycles. The molecule has 0 radical (unpaired) electrons. The number of hydrogen-bond donors (Lipinski definition) is 0. The smallest absolute Gasteiger partial charge is 0.308 e. The minimum atomic E-state index is -0.660. The highest BCUT2D eigenvalue weighted by molar-refractivity contribution is 7.18. The van der Waals surface area contributed by atoms with Crippen LogP contribution in [-0.4, -0.2) is 41.6 Å². The number of amides is 2. The Morgan fingerprint density at radius 1 is 1.04 bits per heavy atom. The number of halogens is 1. The monoisotopic (exact) mass is 377 g/mol. The standard InChI is InChI=1S/C17H12ClNO5S/c18-14-6-5-13(25-14)12(20)9-24-15(21)7-8-19-16(22)10-3-1-2-4-11(10)17(19)23/h1-6H,7-9H2. The third-order valence-corrected chi connectivity index (χ3v) is 4.90. The van der Waals surface area contributed by atoms with Gasteiger partial charge in [-0.3, -0.25) is 24.1 Å². The van der Waals surface area contributed by atoms with Crippen LogP contribution in [0, 0.1) is 0 Å². The van der Waals surface area contributed by atoms with Gasteiger partial charge >= 0.3 is 5.97 Å². The molecule has 0 aliphatic carbocycles. The van der Waals surface area contributed by atoms with E-state index in [-0.39, 0.29) is 18.7 Å². The predicted octanol–water partition coefficient (Wildman–Crippen LogP) is 2.81. The molecule has 25 heavy (non-hydrogen) atoms. The molecular formula is C17H12ClNO5S. The Morgan fingerprint density at radius 3 is 2.24 bits per heavy atom. The zero-order chi connectivity index (χ0) is 18.0. The maximum absolute atomic E-state index is 12.2. The fourth-order valence-electron chi connectivity index (χ4n) is 2.40. The lowest BCUT2D eigenvalue weighted by Gasteiger charge is -2.12. The van der Waals surface area contributed by atoms with E-state index < -0.39 is 24.4 Å². The van der Waals surface area contributed by atoms with Crippen molar-refractivity contribution in [3.8, 4) is 0 Å². The Hall–Kier alpha value is -2.51. The molecule has 0 saturated heterocycles. The second kappa shape index (κ2) is 7.16. The zero-order valence-corrected chi connectivity index (χ0v) is 14.4. The molecule has 2 aromatic rings. The number of ether oxygens (including phenoxy) is 1. The van der Waals surface area contributed by atoms with Crippen LogP contribution < -0.4 is 0 Å². The Bertz CT molecular complexity index is 840. The molecule has 6 nitrogen and oxygen atoms in total. The Kier molecular flexibility index (Phi) is 4.96. The zero-order valence-electron chi connectivity index (χ0n) is 12.9. The van der Waals surface area contributed by atoms with Crippen LogP contribution in [0.4, 0.5) is 0 Å². The fraction of sp³-hybridized carbons (Fsp3) is 0.176. The van der Waals surface area contributed by atoms with Gasteiger partial charge in [-0.1, -0.05) is 23.7 Å². The van der Waals surface area contributed by atoms with Crippen LogP contribution in [0.1, 0.15) is 36.8 Å². The first-order chi connectivity index (χ1) is 12.0. The summed E-state index contributed by atoms with van der Waals surface area (Å²) in [5, 5.41) is 0. The second-order valence-corrected chi connectivity index (χ2v) is 6.96. The third-order valence-electron chi connectivity index (χ3n) is 3.63. The van der Waals surface area contributed by atoms with E-state index in [4.69, 9.17) is 16.3 Å². The molecule has 0 bridgehead atoms. The van der Waals surface area contributed by atoms with Crippen LogP contribution in [0.5, 0.6) is 0 Å². The van der Waals surface area contributed by atoms with Crippen molar-refractivity contribution in [2.24, 2.45) is 0 Å². The van der Waals surface area contributed by atoms with E-state index in [1.165, 1.54) is 0 Å². The van der Waals surface area contributed by atoms with Crippen molar-refractivity contribution in [2.75, 3.05) is 13.2 Å². The van der Waals surface area contributed by atoms with E-state index in [1.807, 2.05) is 0 Å². The summed E-state index contributed by atoms with van der Waals surface area (Å²) in [4.78, 5) is 49.3. The first-order valence-electron chi connectivity index (χ1n) is 7.37. The lowest BCUT2D eigenvalue weighted by Crippen LogP contribution is -2.32. The number of rotatable bonds is 6. The molecule has 0 atom stereocenters. The number of thiophene rings is 1. The van der Waals surface area contributed by atoms with E-state index in [9.17, 15) is 19.2 Å². The largest absolute Gasteiger partial charge is 0.457 e.